The first-order valence-electron chi connectivity index (χ1n) is 5.90. The third-order valence-corrected chi connectivity index (χ3v) is 1.88. The molecule has 1 aromatic carbocycles. The molecule has 1 amide bonds. The van der Waals surface area contributed by atoms with Gasteiger partial charge in [0.2, 0.25) is 6.41 Å². The standard InChI is InChI=1S/C7H7Br.C4H10.C3H5NO3/c1-6-2-4-7(8)5-3-6;1-4(2)3;5-2-4-1-3(6)7/h2-5H,1H3;4H,1-3H3;2H,1H2,(H,4,5)(H,6,7). The summed E-state index contributed by atoms with van der Waals surface area (Å²) in [5, 5.41) is 9.79. The molecule has 0 aliphatic rings. The van der Waals surface area contributed by atoms with Crippen molar-refractivity contribution in [3.63, 3.8) is 0 Å². The fourth-order valence-corrected chi connectivity index (χ4v) is 0.927. The number of aryl methyl sites for hydroxylation is 1. The summed E-state index contributed by atoms with van der Waals surface area (Å²) in [6.45, 7) is 8.27. The Morgan fingerprint density at radius 1 is 1.32 bits per heavy atom. The molecule has 0 saturated carbocycles. The normalized spacial score (nSPS) is 8.53. The van der Waals surface area contributed by atoms with Crippen molar-refractivity contribution in [1.29, 1.82) is 0 Å². The topological polar surface area (TPSA) is 66.4 Å². The molecular formula is C14H22BrNO3. The minimum Gasteiger partial charge on any atom is -0.480 e. The quantitative estimate of drug-likeness (QED) is 0.835. The van der Waals surface area contributed by atoms with Crippen molar-refractivity contribution in [3.05, 3.63) is 34.3 Å². The second kappa shape index (κ2) is 13.1. The van der Waals surface area contributed by atoms with E-state index >= 15 is 0 Å². The number of hydrogen-bond acceptors (Lipinski definition) is 2. The maximum atomic E-state index is 9.54. The van der Waals surface area contributed by atoms with Gasteiger partial charge in [0.1, 0.15) is 6.54 Å². The van der Waals surface area contributed by atoms with Gasteiger partial charge in [0.25, 0.3) is 0 Å². The van der Waals surface area contributed by atoms with Crippen molar-refractivity contribution in [2.75, 3.05) is 6.54 Å². The second-order valence-corrected chi connectivity index (χ2v) is 5.34. The molecule has 0 atom stereocenters. The molecule has 19 heavy (non-hydrogen) atoms. The molecule has 0 bridgehead atoms. The molecule has 0 radical (unpaired) electrons. The van der Waals surface area contributed by atoms with Crippen LogP contribution >= 0.6 is 15.9 Å². The van der Waals surface area contributed by atoms with Crippen molar-refractivity contribution in [3.8, 4) is 0 Å². The van der Waals surface area contributed by atoms with Crippen LogP contribution in [0.3, 0.4) is 0 Å². The Labute approximate surface area is 123 Å². The Hall–Kier alpha value is -1.36. The van der Waals surface area contributed by atoms with Gasteiger partial charge in [-0.3, -0.25) is 9.59 Å². The van der Waals surface area contributed by atoms with Crippen LogP contribution in [0.4, 0.5) is 0 Å². The average molecular weight is 332 g/mol. The average Bonchev–Trinajstić information content (AvgIpc) is 2.30. The monoisotopic (exact) mass is 331 g/mol. The molecule has 4 nitrogen and oxygen atoms in total. The second-order valence-electron chi connectivity index (χ2n) is 4.42. The zero-order chi connectivity index (χ0) is 15.3. The lowest BCUT2D eigenvalue weighted by Gasteiger charge is -1.88. The van der Waals surface area contributed by atoms with E-state index in [0.29, 0.717) is 6.41 Å². The lowest BCUT2D eigenvalue weighted by Crippen LogP contribution is -2.20. The number of rotatable bonds is 3. The smallest absolute Gasteiger partial charge is 0.322 e. The summed E-state index contributed by atoms with van der Waals surface area (Å²) in [6, 6.07) is 8.22. The highest BCUT2D eigenvalue weighted by atomic mass is 79.9. The summed E-state index contributed by atoms with van der Waals surface area (Å²) in [5.74, 6) is -0.202. The number of amides is 1. The molecule has 5 heteroatoms. The fourth-order valence-electron chi connectivity index (χ4n) is 0.662. The fraction of sp³-hybridized carbons (Fsp3) is 0.429. The van der Waals surface area contributed by atoms with Gasteiger partial charge in [-0.05, 0) is 25.0 Å². The van der Waals surface area contributed by atoms with Crippen molar-refractivity contribution < 1.29 is 14.7 Å². The van der Waals surface area contributed by atoms with Crippen molar-refractivity contribution in [2.24, 2.45) is 5.92 Å². The molecule has 0 saturated heterocycles. The van der Waals surface area contributed by atoms with Crippen molar-refractivity contribution in [2.45, 2.75) is 27.7 Å². The Morgan fingerprint density at radius 2 is 1.74 bits per heavy atom. The van der Waals surface area contributed by atoms with E-state index in [4.69, 9.17) is 5.11 Å². The highest BCUT2D eigenvalue weighted by Gasteiger charge is 1.88. The maximum absolute atomic E-state index is 9.54. The largest absolute Gasteiger partial charge is 0.480 e. The van der Waals surface area contributed by atoms with Gasteiger partial charge >= 0.3 is 5.97 Å². The van der Waals surface area contributed by atoms with Crippen LogP contribution < -0.4 is 5.32 Å². The van der Waals surface area contributed by atoms with Gasteiger partial charge in [0.05, 0.1) is 0 Å². The van der Waals surface area contributed by atoms with E-state index in [1.54, 1.807) is 0 Å². The summed E-state index contributed by atoms with van der Waals surface area (Å²) >= 11 is 3.35. The summed E-state index contributed by atoms with van der Waals surface area (Å²) in [7, 11) is 0. The minimum absolute atomic E-state index is 0.302. The molecule has 0 fully saturated rings. The molecule has 0 aliphatic heterocycles. The molecule has 0 spiro atoms. The number of halogens is 1. The Morgan fingerprint density at radius 3 is 1.95 bits per heavy atom. The van der Waals surface area contributed by atoms with Crippen LogP contribution in [-0.2, 0) is 9.59 Å². The van der Waals surface area contributed by atoms with Crippen LogP contribution in [0.2, 0.25) is 0 Å². The highest BCUT2D eigenvalue weighted by molar-refractivity contribution is 9.10. The van der Waals surface area contributed by atoms with Gasteiger partial charge in [0, 0.05) is 4.47 Å². The van der Waals surface area contributed by atoms with E-state index in [1.165, 1.54) is 5.56 Å². The van der Waals surface area contributed by atoms with Crippen molar-refractivity contribution >= 4 is 28.3 Å². The first-order chi connectivity index (χ1) is 8.79. The number of benzene rings is 1. The van der Waals surface area contributed by atoms with Gasteiger partial charge in [-0.25, -0.2) is 0 Å². The van der Waals surface area contributed by atoms with E-state index in [9.17, 15) is 9.59 Å². The number of carbonyl (C=O) groups excluding carboxylic acids is 1. The van der Waals surface area contributed by atoms with E-state index in [1.807, 2.05) is 17.4 Å². The highest BCUT2D eigenvalue weighted by Crippen LogP contribution is 2.08. The number of nitrogens with one attached hydrogen (secondary N) is 1. The van der Waals surface area contributed by atoms with Crippen LogP contribution in [0.1, 0.15) is 26.3 Å². The Bertz CT molecular complexity index is 326. The number of carbonyl (C=O) groups is 2. The zero-order valence-corrected chi connectivity index (χ0v) is 13.4. The minimum atomic E-state index is -1.04. The van der Waals surface area contributed by atoms with E-state index in [0.717, 1.165) is 10.4 Å². The van der Waals surface area contributed by atoms with Gasteiger partial charge in [-0.15, -0.1) is 0 Å². The molecule has 0 heterocycles. The molecule has 1 rings (SSSR count). The van der Waals surface area contributed by atoms with E-state index in [-0.39, 0.29) is 6.54 Å². The van der Waals surface area contributed by atoms with Crippen LogP contribution in [0.25, 0.3) is 0 Å². The third kappa shape index (κ3) is 22.3. The lowest BCUT2D eigenvalue weighted by atomic mass is 10.2. The van der Waals surface area contributed by atoms with Gasteiger partial charge in [0.15, 0.2) is 0 Å². The number of aliphatic carboxylic acids is 1. The zero-order valence-electron chi connectivity index (χ0n) is 11.8. The number of carboxylic acids is 1. The Balaban J connectivity index is 0. The first kappa shape index (κ1) is 20.0. The molecule has 0 aromatic heterocycles. The SMILES string of the molecule is CC(C)C.Cc1ccc(Br)cc1.O=CNCC(=O)O. The number of carboxylic acid groups (broad SMARTS) is 1. The summed E-state index contributed by atoms with van der Waals surface area (Å²) in [6.07, 6.45) is 0.341. The van der Waals surface area contributed by atoms with E-state index < -0.39 is 5.97 Å². The molecule has 1 aromatic rings. The summed E-state index contributed by atoms with van der Waals surface area (Å²) < 4.78 is 1.14. The molecule has 0 unspecified atom stereocenters. The summed E-state index contributed by atoms with van der Waals surface area (Å²) in [4.78, 5) is 18.9. The lowest BCUT2D eigenvalue weighted by molar-refractivity contribution is -0.136. The maximum Gasteiger partial charge on any atom is 0.322 e. The predicted molar refractivity (Wildman–Crippen MR) is 81.1 cm³/mol. The van der Waals surface area contributed by atoms with Gasteiger partial charge in [-0.1, -0.05) is 54.4 Å². The Kier molecular flexibility index (Phi) is 13.7. The first-order valence-corrected chi connectivity index (χ1v) is 6.69. The molecular weight excluding hydrogens is 310 g/mol. The number of hydrogen-bond donors (Lipinski definition) is 2. The molecule has 2 N–H and O–H groups in total. The predicted octanol–water partition coefficient (Wildman–Crippen LogP) is 3.24. The molecule has 108 valence electrons. The third-order valence-electron chi connectivity index (χ3n) is 1.35. The van der Waals surface area contributed by atoms with Crippen LogP contribution in [-0.4, -0.2) is 24.0 Å². The van der Waals surface area contributed by atoms with Crippen LogP contribution in [0, 0.1) is 12.8 Å². The van der Waals surface area contributed by atoms with Crippen LogP contribution in [0.15, 0.2) is 28.7 Å². The van der Waals surface area contributed by atoms with Gasteiger partial charge < -0.3 is 10.4 Å². The summed E-state index contributed by atoms with van der Waals surface area (Å²) in [5.41, 5.74) is 1.30. The molecule has 0 aliphatic carbocycles. The van der Waals surface area contributed by atoms with Crippen molar-refractivity contribution in [1.82, 2.24) is 5.32 Å². The van der Waals surface area contributed by atoms with Gasteiger partial charge in [-0.2, -0.15) is 0 Å². The van der Waals surface area contributed by atoms with Crippen LogP contribution in [0.5, 0.6) is 0 Å². The van der Waals surface area contributed by atoms with E-state index in [2.05, 4.69) is 55.8 Å².